The minimum absolute atomic E-state index is 0.0665. The number of carboxylic acid groups (broad SMARTS) is 1. The molecule has 1 atom stereocenters. The Kier molecular flexibility index (Phi) is 29.2. The van der Waals surface area contributed by atoms with E-state index in [1.54, 1.807) is 0 Å². The van der Waals surface area contributed by atoms with Crippen LogP contribution in [0.5, 0.6) is 0 Å². The van der Waals surface area contributed by atoms with Crippen molar-refractivity contribution in [2.45, 2.75) is 174 Å². The molecule has 226 valence electrons. The maximum atomic E-state index is 12.3. The summed E-state index contributed by atoms with van der Waals surface area (Å²) in [5.41, 5.74) is 0. The number of hydrogen-bond donors (Lipinski definition) is 1. The molecule has 4 nitrogen and oxygen atoms in total. The van der Waals surface area contributed by atoms with E-state index in [9.17, 15) is 9.59 Å². The van der Waals surface area contributed by atoms with Crippen LogP contribution in [0.15, 0.2) is 36.5 Å². The normalized spacial score (nSPS) is 12.7. The number of carbonyl (C=O) groups is 2. The van der Waals surface area contributed by atoms with E-state index >= 15 is 0 Å². The lowest BCUT2D eigenvalue weighted by molar-refractivity contribution is -0.151. The molecule has 4 heteroatoms. The first kappa shape index (κ1) is 37.2. The Labute approximate surface area is 241 Å². The third-order valence-corrected chi connectivity index (χ3v) is 7.14. The number of ether oxygens (including phenoxy) is 1. The molecular weight excluding hydrogens is 484 g/mol. The first-order chi connectivity index (χ1) is 19.1. The molecule has 0 aliphatic heterocycles. The summed E-state index contributed by atoms with van der Waals surface area (Å²) in [6.45, 7) is 4.41. The van der Waals surface area contributed by atoms with Crippen molar-refractivity contribution in [3.63, 3.8) is 0 Å². The largest absolute Gasteiger partial charge is 0.481 e. The summed E-state index contributed by atoms with van der Waals surface area (Å²) in [4.78, 5) is 23.4. The van der Waals surface area contributed by atoms with Gasteiger partial charge in [-0.05, 0) is 57.8 Å². The third-order valence-electron chi connectivity index (χ3n) is 7.14. The number of carbonyl (C=O) groups excluding carboxylic acids is 1. The van der Waals surface area contributed by atoms with Crippen LogP contribution in [-0.4, -0.2) is 23.1 Å². The molecule has 0 aromatic rings. The highest BCUT2D eigenvalue weighted by atomic mass is 16.5. The second-order valence-electron chi connectivity index (χ2n) is 11.0. The topological polar surface area (TPSA) is 63.6 Å². The van der Waals surface area contributed by atoms with Gasteiger partial charge in [-0.1, -0.05) is 134 Å². The van der Waals surface area contributed by atoms with Crippen molar-refractivity contribution >= 4 is 11.9 Å². The lowest BCUT2D eigenvalue weighted by Crippen LogP contribution is -2.19. The van der Waals surface area contributed by atoms with Crippen LogP contribution in [0.4, 0.5) is 0 Å². The summed E-state index contributed by atoms with van der Waals surface area (Å²) >= 11 is 0. The van der Waals surface area contributed by atoms with Gasteiger partial charge in [-0.2, -0.15) is 0 Å². The van der Waals surface area contributed by atoms with E-state index in [0.29, 0.717) is 12.8 Å². The van der Waals surface area contributed by atoms with Crippen LogP contribution >= 0.6 is 0 Å². The van der Waals surface area contributed by atoms with Crippen LogP contribution in [0.2, 0.25) is 0 Å². The first-order valence-corrected chi connectivity index (χ1v) is 16.5. The molecule has 0 aromatic carbocycles. The highest BCUT2D eigenvalue weighted by Crippen LogP contribution is 2.17. The Morgan fingerprint density at radius 3 is 1.69 bits per heavy atom. The molecule has 1 N–H and O–H groups in total. The van der Waals surface area contributed by atoms with Crippen molar-refractivity contribution in [3.05, 3.63) is 36.5 Å². The number of rotatable bonds is 29. The van der Waals surface area contributed by atoms with Crippen molar-refractivity contribution in [1.82, 2.24) is 0 Å². The van der Waals surface area contributed by atoms with Gasteiger partial charge in [0.15, 0.2) is 0 Å². The van der Waals surface area contributed by atoms with Crippen LogP contribution in [-0.2, 0) is 14.3 Å². The molecule has 0 radical (unpaired) electrons. The van der Waals surface area contributed by atoms with Crippen LogP contribution in [0.25, 0.3) is 0 Å². The molecule has 0 aliphatic rings. The molecule has 1 unspecified atom stereocenters. The van der Waals surface area contributed by atoms with Gasteiger partial charge in [0.05, 0.1) is 0 Å². The lowest BCUT2D eigenvalue weighted by Gasteiger charge is -2.17. The summed E-state index contributed by atoms with van der Waals surface area (Å²) in [6, 6.07) is 0. The molecule has 39 heavy (non-hydrogen) atoms. The Morgan fingerprint density at radius 2 is 1.10 bits per heavy atom. The Bertz CT molecular complexity index is 635. The fourth-order valence-electron chi connectivity index (χ4n) is 4.72. The van der Waals surface area contributed by atoms with Crippen LogP contribution < -0.4 is 0 Å². The predicted octanol–water partition coefficient (Wildman–Crippen LogP) is 11.1. The van der Waals surface area contributed by atoms with Crippen molar-refractivity contribution in [2.24, 2.45) is 0 Å². The van der Waals surface area contributed by atoms with Gasteiger partial charge < -0.3 is 9.84 Å². The number of carboxylic acids is 1. The molecule has 0 aliphatic carbocycles. The first-order valence-electron chi connectivity index (χ1n) is 16.5. The standard InChI is InChI=1S/C35H62O4/c1-3-5-7-9-11-13-15-16-17-18-20-22-24-26-28-30-35(38)39-33(31-32-34(36)37)29-27-25-23-21-19-14-12-10-8-6-4-2/h5,7,11,13,16-17,33H,3-4,6,8-10,12,14-15,18-32H2,1-2H3,(H,36,37)/b7-5-,13-11-,17-16-. The molecule has 0 rings (SSSR count). The van der Waals surface area contributed by atoms with E-state index < -0.39 is 5.97 Å². The van der Waals surface area contributed by atoms with Crippen molar-refractivity contribution in [1.29, 1.82) is 0 Å². The van der Waals surface area contributed by atoms with Gasteiger partial charge in [0, 0.05) is 12.8 Å². The van der Waals surface area contributed by atoms with E-state index in [1.165, 1.54) is 70.6 Å². The van der Waals surface area contributed by atoms with E-state index in [4.69, 9.17) is 9.84 Å². The van der Waals surface area contributed by atoms with Crippen LogP contribution in [0.1, 0.15) is 168 Å². The summed E-state index contributed by atoms with van der Waals surface area (Å²) in [6.07, 6.45) is 38.6. The van der Waals surface area contributed by atoms with Gasteiger partial charge >= 0.3 is 11.9 Å². The van der Waals surface area contributed by atoms with Crippen molar-refractivity contribution < 1.29 is 19.4 Å². The minimum Gasteiger partial charge on any atom is -0.481 e. The van der Waals surface area contributed by atoms with Gasteiger partial charge in [0.1, 0.15) is 6.10 Å². The van der Waals surface area contributed by atoms with E-state index in [1.807, 2.05) is 0 Å². The zero-order valence-corrected chi connectivity index (χ0v) is 25.7. The number of allylic oxidation sites excluding steroid dienone is 6. The molecule has 0 saturated heterocycles. The summed E-state index contributed by atoms with van der Waals surface area (Å²) < 4.78 is 5.69. The molecule has 0 fully saturated rings. The molecule has 0 spiro atoms. The Morgan fingerprint density at radius 1 is 0.590 bits per heavy atom. The zero-order valence-electron chi connectivity index (χ0n) is 25.7. The minimum atomic E-state index is -0.818. The molecule has 0 amide bonds. The quantitative estimate of drug-likeness (QED) is 0.0575. The highest BCUT2D eigenvalue weighted by Gasteiger charge is 2.15. The Balaban J connectivity index is 3.83. The fraction of sp³-hybridized carbons (Fsp3) is 0.771. The van der Waals surface area contributed by atoms with Gasteiger partial charge in [0.25, 0.3) is 0 Å². The second-order valence-corrected chi connectivity index (χ2v) is 11.0. The molecule has 0 saturated carbocycles. The summed E-state index contributed by atoms with van der Waals surface area (Å²) in [5, 5.41) is 9.06. The van der Waals surface area contributed by atoms with E-state index in [-0.39, 0.29) is 18.5 Å². The van der Waals surface area contributed by atoms with Gasteiger partial charge in [0.2, 0.25) is 0 Å². The van der Waals surface area contributed by atoms with Gasteiger partial charge in [-0.25, -0.2) is 0 Å². The maximum Gasteiger partial charge on any atom is 0.306 e. The van der Waals surface area contributed by atoms with Crippen molar-refractivity contribution in [2.75, 3.05) is 0 Å². The SMILES string of the molecule is CC/C=C\C/C=C\C/C=C\CCCCCCCC(=O)OC(CCCCCCCCCCCCC)CCC(=O)O. The average Bonchev–Trinajstić information content (AvgIpc) is 2.92. The van der Waals surface area contributed by atoms with Gasteiger partial charge in [-0.3, -0.25) is 9.59 Å². The second kappa shape index (κ2) is 30.7. The van der Waals surface area contributed by atoms with Gasteiger partial charge in [-0.15, -0.1) is 0 Å². The molecule has 0 bridgehead atoms. The smallest absolute Gasteiger partial charge is 0.306 e. The molecule has 0 aromatic heterocycles. The van der Waals surface area contributed by atoms with Crippen LogP contribution in [0.3, 0.4) is 0 Å². The molecular formula is C35H62O4. The summed E-state index contributed by atoms with van der Waals surface area (Å²) in [7, 11) is 0. The number of hydrogen-bond acceptors (Lipinski definition) is 3. The summed E-state index contributed by atoms with van der Waals surface area (Å²) in [5.74, 6) is -0.976. The van der Waals surface area contributed by atoms with E-state index in [2.05, 4.69) is 50.3 Å². The maximum absolute atomic E-state index is 12.3. The zero-order chi connectivity index (χ0) is 28.7. The number of esters is 1. The van der Waals surface area contributed by atoms with Crippen molar-refractivity contribution in [3.8, 4) is 0 Å². The Hall–Kier alpha value is -1.84. The number of unbranched alkanes of at least 4 members (excludes halogenated alkanes) is 15. The highest BCUT2D eigenvalue weighted by molar-refractivity contribution is 5.69. The third kappa shape index (κ3) is 30.6. The predicted molar refractivity (Wildman–Crippen MR) is 167 cm³/mol. The number of aliphatic carboxylic acids is 1. The fourth-order valence-corrected chi connectivity index (χ4v) is 4.72. The molecule has 0 heterocycles. The lowest BCUT2D eigenvalue weighted by atomic mass is 10.0. The average molecular weight is 547 g/mol. The van der Waals surface area contributed by atoms with Crippen LogP contribution in [0, 0.1) is 0 Å². The monoisotopic (exact) mass is 546 g/mol. The van der Waals surface area contributed by atoms with E-state index in [0.717, 1.165) is 64.2 Å².